The predicted molar refractivity (Wildman–Crippen MR) is 84.6 cm³/mol. The molecule has 1 aromatic heterocycles. The lowest BCUT2D eigenvalue weighted by atomic mass is 10.1. The number of rotatable bonds is 4. The first-order valence-electron chi connectivity index (χ1n) is 6.19. The van der Waals surface area contributed by atoms with Crippen LogP contribution in [-0.4, -0.2) is 4.92 Å². The SMILES string of the molecule is CC(C)/C(=C/c1ccc(-c2ccc(Cl)cc2)s1)[N+](=O)[O-]. The molecule has 104 valence electrons. The minimum Gasteiger partial charge on any atom is -0.259 e. The number of benzene rings is 1. The first-order chi connectivity index (χ1) is 9.47. The molecule has 0 unspecified atom stereocenters. The van der Waals surface area contributed by atoms with E-state index in [-0.39, 0.29) is 16.5 Å². The molecule has 0 radical (unpaired) electrons. The van der Waals surface area contributed by atoms with Gasteiger partial charge in [-0.3, -0.25) is 10.1 Å². The summed E-state index contributed by atoms with van der Waals surface area (Å²) in [5.74, 6) is -0.105. The number of halogens is 1. The van der Waals surface area contributed by atoms with Gasteiger partial charge < -0.3 is 0 Å². The van der Waals surface area contributed by atoms with Crippen molar-refractivity contribution >= 4 is 29.0 Å². The van der Waals surface area contributed by atoms with Crippen molar-refractivity contribution in [2.75, 3.05) is 0 Å². The second-order valence-electron chi connectivity index (χ2n) is 4.69. The van der Waals surface area contributed by atoms with Crippen LogP contribution >= 0.6 is 22.9 Å². The van der Waals surface area contributed by atoms with E-state index in [1.54, 1.807) is 6.08 Å². The number of hydrogen-bond donors (Lipinski definition) is 0. The topological polar surface area (TPSA) is 43.1 Å². The van der Waals surface area contributed by atoms with Crippen molar-refractivity contribution in [3.8, 4) is 10.4 Å². The van der Waals surface area contributed by atoms with Gasteiger partial charge in [0.2, 0.25) is 5.70 Å². The maximum Gasteiger partial charge on any atom is 0.250 e. The molecule has 0 saturated carbocycles. The lowest BCUT2D eigenvalue weighted by molar-refractivity contribution is -0.431. The van der Waals surface area contributed by atoms with Crippen molar-refractivity contribution < 1.29 is 4.92 Å². The summed E-state index contributed by atoms with van der Waals surface area (Å²) < 4.78 is 0. The van der Waals surface area contributed by atoms with Gasteiger partial charge in [0, 0.05) is 26.8 Å². The van der Waals surface area contributed by atoms with E-state index in [1.165, 1.54) is 11.3 Å². The Morgan fingerprint density at radius 3 is 2.45 bits per heavy atom. The molecule has 2 rings (SSSR count). The Morgan fingerprint density at radius 2 is 1.90 bits per heavy atom. The van der Waals surface area contributed by atoms with Gasteiger partial charge in [-0.15, -0.1) is 11.3 Å². The van der Waals surface area contributed by atoms with Crippen molar-refractivity contribution in [1.29, 1.82) is 0 Å². The fourth-order valence-electron chi connectivity index (χ4n) is 1.78. The van der Waals surface area contributed by atoms with E-state index < -0.39 is 0 Å². The van der Waals surface area contributed by atoms with Gasteiger partial charge in [0.1, 0.15) is 0 Å². The van der Waals surface area contributed by atoms with Crippen LogP contribution in [0.5, 0.6) is 0 Å². The van der Waals surface area contributed by atoms with Crippen LogP contribution in [0.4, 0.5) is 0 Å². The second-order valence-corrected chi connectivity index (χ2v) is 6.24. The quantitative estimate of drug-likeness (QED) is 0.565. The molecule has 0 atom stereocenters. The summed E-state index contributed by atoms with van der Waals surface area (Å²) in [6.45, 7) is 3.64. The standard InChI is InChI=1S/C15H14ClNO2S/c1-10(2)14(17(18)19)9-13-7-8-15(20-13)11-3-5-12(16)6-4-11/h3-10H,1-2H3/b14-9-. The molecule has 0 bridgehead atoms. The minimum absolute atomic E-state index is 0.105. The molecule has 0 N–H and O–H groups in total. The zero-order valence-corrected chi connectivity index (χ0v) is 12.7. The Hall–Kier alpha value is -1.65. The Bertz CT molecular complexity index is 644. The fourth-order valence-corrected chi connectivity index (χ4v) is 2.86. The van der Waals surface area contributed by atoms with Gasteiger partial charge in [-0.2, -0.15) is 0 Å². The Labute approximate surface area is 126 Å². The van der Waals surface area contributed by atoms with Gasteiger partial charge in [0.05, 0.1) is 4.92 Å². The number of nitro groups is 1. The Morgan fingerprint density at radius 1 is 1.25 bits per heavy atom. The molecule has 5 heteroatoms. The molecule has 1 aromatic carbocycles. The zero-order chi connectivity index (χ0) is 14.7. The summed E-state index contributed by atoms with van der Waals surface area (Å²) >= 11 is 7.39. The number of thiophene rings is 1. The van der Waals surface area contributed by atoms with Crippen LogP contribution < -0.4 is 0 Å². The average molecular weight is 308 g/mol. The summed E-state index contributed by atoms with van der Waals surface area (Å²) in [5, 5.41) is 11.7. The van der Waals surface area contributed by atoms with Gasteiger partial charge in [-0.1, -0.05) is 37.6 Å². The van der Waals surface area contributed by atoms with Gasteiger partial charge in [-0.25, -0.2) is 0 Å². The molecular weight excluding hydrogens is 294 g/mol. The molecule has 2 aromatic rings. The first kappa shape index (κ1) is 14.8. The van der Waals surface area contributed by atoms with Crippen molar-refractivity contribution in [3.05, 3.63) is 62.1 Å². The van der Waals surface area contributed by atoms with Crippen LogP contribution in [0.15, 0.2) is 42.1 Å². The zero-order valence-electron chi connectivity index (χ0n) is 11.2. The van der Waals surface area contributed by atoms with Crippen LogP contribution in [-0.2, 0) is 0 Å². The third kappa shape index (κ3) is 3.46. The highest BCUT2D eigenvalue weighted by atomic mass is 35.5. The molecule has 0 amide bonds. The average Bonchev–Trinajstić information content (AvgIpc) is 2.84. The van der Waals surface area contributed by atoms with Crippen LogP contribution in [0, 0.1) is 16.0 Å². The Balaban J connectivity index is 2.31. The van der Waals surface area contributed by atoms with Crippen molar-refractivity contribution in [2.45, 2.75) is 13.8 Å². The third-order valence-corrected chi connectivity index (χ3v) is 4.18. The number of allylic oxidation sites excluding steroid dienone is 1. The van der Waals surface area contributed by atoms with E-state index in [0.717, 1.165) is 15.3 Å². The first-order valence-corrected chi connectivity index (χ1v) is 7.38. The van der Waals surface area contributed by atoms with E-state index in [1.807, 2.05) is 50.2 Å². The molecule has 0 aliphatic heterocycles. The van der Waals surface area contributed by atoms with E-state index in [0.29, 0.717) is 5.02 Å². The van der Waals surface area contributed by atoms with Crippen molar-refractivity contribution in [2.24, 2.45) is 5.92 Å². The minimum atomic E-state index is -0.313. The highest BCUT2D eigenvalue weighted by molar-refractivity contribution is 7.16. The van der Waals surface area contributed by atoms with Gasteiger partial charge in [0.15, 0.2) is 0 Å². The molecule has 0 aliphatic carbocycles. The summed E-state index contributed by atoms with van der Waals surface area (Å²) in [6, 6.07) is 11.4. The number of nitrogens with zero attached hydrogens (tertiary/aromatic N) is 1. The van der Waals surface area contributed by atoms with Gasteiger partial charge in [0.25, 0.3) is 0 Å². The van der Waals surface area contributed by atoms with E-state index >= 15 is 0 Å². The monoisotopic (exact) mass is 307 g/mol. The van der Waals surface area contributed by atoms with Crippen molar-refractivity contribution in [3.63, 3.8) is 0 Å². The van der Waals surface area contributed by atoms with Crippen LogP contribution in [0.2, 0.25) is 5.02 Å². The van der Waals surface area contributed by atoms with Gasteiger partial charge in [-0.05, 0) is 29.8 Å². The summed E-state index contributed by atoms with van der Waals surface area (Å²) in [5.41, 5.74) is 1.29. The predicted octanol–water partition coefficient (Wildman–Crippen LogP) is 5.34. The molecule has 0 saturated heterocycles. The maximum absolute atomic E-state index is 11.0. The molecule has 1 heterocycles. The summed E-state index contributed by atoms with van der Waals surface area (Å²) in [6.07, 6.45) is 1.65. The molecule has 0 spiro atoms. The molecule has 3 nitrogen and oxygen atoms in total. The van der Waals surface area contributed by atoms with E-state index in [9.17, 15) is 10.1 Å². The van der Waals surface area contributed by atoms with Crippen molar-refractivity contribution in [1.82, 2.24) is 0 Å². The van der Waals surface area contributed by atoms with Gasteiger partial charge >= 0.3 is 0 Å². The lowest BCUT2D eigenvalue weighted by Crippen LogP contribution is -2.04. The smallest absolute Gasteiger partial charge is 0.250 e. The molecule has 20 heavy (non-hydrogen) atoms. The largest absolute Gasteiger partial charge is 0.259 e. The van der Waals surface area contributed by atoms with Crippen LogP contribution in [0.3, 0.4) is 0 Å². The number of hydrogen-bond acceptors (Lipinski definition) is 3. The van der Waals surface area contributed by atoms with E-state index in [2.05, 4.69) is 0 Å². The fraction of sp³-hybridized carbons (Fsp3) is 0.200. The van der Waals surface area contributed by atoms with Crippen LogP contribution in [0.1, 0.15) is 18.7 Å². The highest BCUT2D eigenvalue weighted by Gasteiger charge is 2.16. The summed E-state index contributed by atoms with van der Waals surface area (Å²) in [4.78, 5) is 12.6. The molecular formula is C15H14ClNO2S. The van der Waals surface area contributed by atoms with Crippen LogP contribution in [0.25, 0.3) is 16.5 Å². The highest BCUT2D eigenvalue weighted by Crippen LogP contribution is 2.30. The summed E-state index contributed by atoms with van der Waals surface area (Å²) in [7, 11) is 0. The normalized spacial score (nSPS) is 11.9. The molecule has 0 aliphatic rings. The molecule has 0 fully saturated rings. The Kier molecular flexibility index (Phi) is 4.57. The third-order valence-electron chi connectivity index (χ3n) is 2.85. The second kappa shape index (κ2) is 6.20. The lowest BCUT2D eigenvalue weighted by Gasteiger charge is -2.00. The van der Waals surface area contributed by atoms with E-state index in [4.69, 9.17) is 11.6 Å². The maximum atomic E-state index is 11.0.